The van der Waals surface area contributed by atoms with Gasteiger partial charge in [-0.15, -0.1) is 11.3 Å². The second kappa shape index (κ2) is 5.72. The zero-order valence-corrected chi connectivity index (χ0v) is 12.6. The van der Waals surface area contributed by atoms with E-state index in [0.717, 1.165) is 22.0 Å². The number of ether oxygens (including phenoxy) is 1. The molecule has 0 saturated heterocycles. The minimum absolute atomic E-state index is 0.163. The van der Waals surface area contributed by atoms with E-state index < -0.39 is 0 Å². The fourth-order valence-corrected chi connectivity index (χ4v) is 2.78. The zero-order chi connectivity index (χ0) is 14.0. The number of thiazole rings is 1. The molecule has 3 nitrogen and oxygen atoms in total. The van der Waals surface area contributed by atoms with Crippen molar-refractivity contribution in [2.75, 3.05) is 0 Å². The van der Waals surface area contributed by atoms with Gasteiger partial charge < -0.3 is 10.5 Å². The molecule has 2 N–H and O–H groups in total. The third kappa shape index (κ3) is 3.33. The van der Waals surface area contributed by atoms with E-state index in [4.69, 9.17) is 10.5 Å². The van der Waals surface area contributed by atoms with Crippen molar-refractivity contribution in [3.05, 3.63) is 45.4 Å². The average molecular weight is 276 g/mol. The van der Waals surface area contributed by atoms with Gasteiger partial charge in [0, 0.05) is 4.88 Å². The molecule has 0 bridgehead atoms. The molecule has 0 amide bonds. The Balaban J connectivity index is 2.25. The van der Waals surface area contributed by atoms with Crippen molar-refractivity contribution in [3.63, 3.8) is 0 Å². The molecule has 0 aliphatic rings. The van der Waals surface area contributed by atoms with Crippen LogP contribution < -0.4 is 10.5 Å². The lowest BCUT2D eigenvalue weighted by atomic mass is 10.1. The van der Waals surface area contributed by atoms with Crippen molar-refractivity contribution in [1.82, 2.24) is 4.98 Å². The Morgan fingerprint density at radius 2 is 2.00 bits per heavy atom. The van der Waals surface area contributed by atoms with Crippen LogP contribution in [-0.4, -0.2) is 11.1 Å². The minimum Gasteiger partial charge on any atom is -0.491 e. The first-order valence-electron chi connectivity index (χ1n) is 6.43. The average Bonchev–Trinajstić information content (AvgIpc) is 2.68. The fraction of sp³-hybridized carbons (Fsp3) is 0.400. The van der Waals surface area contributed by atoms with Gasteiger partial charge in [0.15, 0.2) is 0 Å². The first kappa shape index (κ1) is 14.0. The van der Waals surface area contributed by atoms with Crippen molar-refractivity contribution in [3.8, 4) is 5.75 Å². The van der Waals surface area contributed by atoms with Gasteiger partial charge >= 0.3 is 0 Å². The molecule has 0 fully saturated rings. The van der Waals surface area contributed by atoms with Gasteiger partial charge in [-0.05, 0) is 45.4 Å². The van der Waals surface area contributed by atoms with Gasteiger partial charge in [0.05, 0.1) is 17.8 Å². The molecular weight excluding hydrogens is 256 g/mol. The highest BCUT2D eigenvalue weighted by molar-refractivity contribution is 7.11. The molecule has 1 heterocycles. The third-order valence-electron chi connectivity index (χ3n) is 2.90. The van der Waals surface area contributed by atoms with Crippen LogP contribution in [0, 0.1) is 13.8 Å². The fourth-order valence-electron chi connectivity index (χ4n) is 1.83. The minimum atomic E-state index is -0.187. The van der Waals surface area contributed by atoms with Crippen molar-refractivity contribution in [1.29, 1.82) is 0 Å². The van der Waals surface area contributed by atoms with E-state index in [0.29, 0.717) is 0 Å². The number of hydrogen-bond donors (Lipinski definition) is 1. The van der Waals surface area contributed by atoms with E-state index >= 15 is 0 Å². The van der Waals surface area contributed by atoms with Crippen molar-refractivity contribution in [2.24, 2.45) is 5.73 Å². The van der Waals surface area contributed by atoms with E-state index in [1.165, 1.54) is 4.88 Å². The second-order valence-electron chi connectivity index (χ2n) is 4.91. The molecule has 0 aliphatic carbocycles. The Hall–Kier alpha value is -1.39. The first-order valence-corrected chi connectivity index (χ1v) is 7.25. The number of nitrogens with two attached hydrogens (primary N) is 1. The number of rotatable bonds is 4. The molecule has 2 rings (SSSR count). The predicted molar refractivity (Wildman–Crippen MR) is 79.8 cm³/mol. The van der Waals surface area contributed by atoms with Crippen LogP contribution in [0.2, 0.25) is 0 Å². The summed E-state index contributed by atoms with van der Waals surface area (Å²) in [6, 6.07) is 7.75. The van der Waals surface area contributed by atoms with Crippen LogP contribution in [0.1, 0.15) is 41.0 Å². The quantitative estimate of drug-likeness (QED) is 0.928. The molecule has 19 heavy (non-hydrogen) atoms. The summed E-state index contributed by atoms with van der Waals surface area (Å²) in [5.74, 6) is 0.855. The molecule has 4 heteroatoms. The molecule has 1 atom stereocenters. The molecular formula is C15H20N2OS. The van der Waals surface area contributed by atoms with Crippen LogP contribution in [-0.2, 0) is 0 Å². The standard InChI is InChI=1S/C15H20N2OS/c1-9(2)18-13-7-5-6-12(8-13)14(16)15-17-10(3)11(4)19-15/h5-9,14H,16H2,1-4H3. The smallest absolute Gasteiger partial charge is 0.120 e. The van der Waals surface area contributed by atoms with Gasteiger partial charge in [-0.2, -0.15) is 0 Å². The lowest BCUT2D eigenvalue weighted by Gasteiger charge is -2.13. The topological polar surface area (TPSA) is 48.1 Å². The molecule has 1 unspecified atom stereocenters. The third-order valence-corrected chi connectivity index (χ3v) is 4.06. The van der Waals surface area contributed by atoms with Gasteiger partial charge in [0.2, 0.25) is 0 Å². The number of aromatic nitrogens is 1. The number of nitrogens with zero attached hydrogens (tertiary/aromatic N) is 1. The highest BCUT2D eigenvalue weighted by Crippen LogP contribution is 2.28. The molecule has 0 aliphatic heterocycles. The molecule has 1 aromatic heterocycles. The normalized spacial score (nSPS) is 12.7. The van der Waals surface area contributed by atoms with Crippen LogP contribution in [0.5, 0.6) is 5.75 Å². The van der Waals surface area contributed by atoms with E-state index in [1.54, 1.807) is 11.3 Å². The van der Waals surface area contributed by atoms with Crippen LogP contribution in [0.3, 0.4) is 0 Å². The maximum atomic E-state index is 6.29. The lowest BCUT2D eigenvalue weighted by molar-refractivity contribution is 0.242. The van der Waals surface area contributed by atoms with E-state index in [9.17, 15) is 0 Å². The first-order chi connectivity index (χ1) is 8.97. The summed E-state index contributed by atoms with van der Waals surface area (Å²) < 4.78 is 5.70. The van der Waals surface area contributed by atoms with Crippen molar-refractivity contribution >= 4 is 11.3 Å². The Kier molecular flexibility index (Phi) is 4.22. The molecule has 102 valence electrons. The van der Waals surface area contributed by atoms with Crippen molar-refractivity contribution < 1.29 is 4.74 Å². The van der Waals surface area contributed by atoms with Gasteiger partial charge in [0.25, 0.3) is 0 Å². The highest BCUT2D eigenvalue weighted by Gasteiger charge is 2.15. The van der Waals surface area contributed by atoms with Crippen LogP contribution in [0.4, 0.5) is 0 Å². The summed E-state index contributed by atoms with van der Waals surface area (Å²) in [6.45, 7) is 8.11. The van der Waals surface area contributed by atoms with E-state index in [1.807, 2.05) is 45.0 Å². The summed E-state index contributed by atoms with van der Waals surface area (Å²) in [5.41, 5.74) is 8.38. The number of hydrogen-bond acceptors (Lipinski definition) is 4. The lowest BCUT2D eigenvalue weighted by Crippen LogP contribution is -2.12. The second-order valence-corrected chi connectivity index (χ2v) is 6.15. The SMILES string of the molecule is Cc1nc(C(N)c2cccc(OC(C)C)c2)sc1C. The zero-order valence-electron chi connectivity index (χ0n) is 11.8. The Morgan fingerprint density at radius 1 is 1.26 bits per heavy atom. The van der Waals surface area contributed by atoms with Crippen LogP contribution >= 0.6 is 11.3 Å². The van der Waals surface area contributed by atoms with Crippen molar-refractivity contribution in [2.45, 2.75) is 39.8 Å². The molecule has 0 radical (unpaired) electrons. The van der Waals surface area contributed by atoms with Gasteiger partial charge in [0.1, 0.15) is 10.8 Å². The summed E-state index contributed by atoms with van der Waals surface area (Å²) in [6.07, 6.45) is 0.163. The Morgan fingerprint density at radius 3 is 2.58 bits per heavy atom. The summed E-state index contributed by atoms with van der Waals surface area (Å²) in [5, 5.41) is 0.955. The maximum Gasteiger partial charge on any atom is 0.120 e. The molecule has 0 spiro atoms. The van der Waals surface area contributed by atoms with Crippen LogP contribution in [0.25, 0.3) is 0 Å². The molecule has 2 aromatic rings. The van der Waals surface area contributed by atoms with Gasteiger partial charge in [-0.1, -0.05) is 12.1 Å². The van der Waals surface area contributed by atoms with Gasteiger partial charge in [-0.3, -0.25) is 0 Å². The summed E-state index contributed by atoms with van der Waals surface area (Å²) in [4.78, 5) is 5.75. The van der Waals surface area contributed by atoms with E-state index in [-0.39, 0.29) is 12.1 Å². The predicted octanol–water partition coefficient (Wildman–Crippen LogP) is 3.60. The number of benzene rings is 1. The Bertz CT molecular complexity index is 544. The largest absolute Gasteiger partial charge is 0.491 e. The van der Waals surface area contributed by atoms with Crippen LogP contribution in [0.15, 0.2) is 24.3 Å². The maximum absolute atomic E-state index is 6.29. The summed E-state index contributed by atoms with van der Waals surface area (Å²) >= 11 is 1.66. The molecule has 1 aromatic carbocycles. The monoisotopic (exact) mass is 276 g/mol. The summed E-state index contributed by atoms with van der Waals surface area (Å²) in [7, 11) is 0. The number of aryl methyl sites for hydroxylation is 2. The Labute approximate surface area is 118 Å². The molecule has 0 saturated carbocycles. The van der Waals surface area contributed by atoms with Gasteiger partial charge in [-0.25, -0.2) is 4.98 Å². The van der Waals surface area contributed by atoms with E-state index in [2.05, 4.69) is 11.9 Å². The highest BCUT2D eigenvalue weighted by atomic mass is 32.1.